The third-order valence-electron chi connectivity index (χ3n) is 13.1. The van der Waals surface area contributed by atoms with Crippen LogP contribution in [0, 0.1) is 0 Å². The van der Waals surface area contributed by atoms with Crippen LogP contribution in [0.15, 0.2) is 249 Å². The quantitative estimate of drug-likeness (QED) is 0.0859. The van der Waals surface area contributed by atoms with E-state index in [9.17, 15) is 0 Å². The number of hydrogen-bond acceptors (Lipinski definition) is 0. The van der Waals surface area contributed by atoms with Crippen molar-refractivity contribution in [3.05, 3.63) is 249 Å². The molecule has 0 amide bonds. The molecule has 0 bridgehead atoms. The maximum atomic E-state index is 2.48. The zero-order chi connectivity index (χ0) is 41.0. The number of benzene rings is 11. The molecule has 12 rings (SSSR count). The van der Waals surface area contributed by atoms with Crippen molar-refractivity contribution >= 4 is 82.9 Å². The van der Waals surface area contributed by atoms with Gasteiger partial charge in [-0.25, -0.2) is 0 Å². The smallest absolute Gasteiger partial charge is 0.179 e. The first-order valence-corrected chi connectivity index (χ1v) is 23.5. The Kier molecular flexibility index (Phi) is 8.58. The van der Waals surface area contributed by atoms with Gasteiger partial charge in [0.15, 0.2) is 8.07 Å². The highest BCUT2D eigenvalue weighted by Gasteiger charge is 2.42. The molecule has 290 valence electrons. The molecule has 0 aliphatic carbocycles. The molecule has 11 aromatic carbocycles. The second kappa shape index (κ2) is 14.7. The van der Waals surface area contributed by atoms with Crippen LogP contribution in [0.5, 0.6) is 0 Å². The van der Waals surface area contributed by atoms with E-state index in [1.165, 1.54) is 97.1 Å². The minimum Gasteiger partial charge on any atom is -0.309 e. The minimum atomic E-state index is -2.95. The molecule has 0 saturated heterocycles. The molecular weight excluding hydrogens is 763 g/mol. The fraction of sp³-hybridized carbons (Fsp3) is 0. The van der Waals surface area contributed by atoms with Gasteiger partial charge in [0.1, 0.15) is 0 Å². The average Bonchev–Trinajstić information content (AvgIpc) is 3.70. The largest absolute Gasteiger partial charge is 0.309 e. The first-order valence-electron chi connectivity index (χ1n) is 21.5. The van der Waals surface area contributed by atoms with E-state index >= 15 is 0 Å². The van der Waals surface area contributed by atoms with E-state index in [1.54, 1.807) is 0 Å². The van der Waals surface area contributed by atoms with Gasteiger partial charge in [-0.05, 0) is 100 Å². The maximum Gasteiger partial charge on any atom is 0.179 e. The Morgan fingerprint density at radius 2 is 0.661 bits per heavy atom. The molecule has 1 nitrogen and oxygen atoms in total. The van der Waals surface area contributed by atoms with Crippen molar-refractivity contribution in [1.82, 2.24) is 4.57 Å². The highest BCUT2D eigenvalue weighted by Crippen LogP contribution is 2.43. The summed E-state index contributed by atoms with van der Waals surface area (Å²) in [4.78, 5) is 0. The number of rotatable bonds is 7. The Morgan fingerprint density at radius 3 is 1.21 bits per heavy atom. The highest BCUT2D eigenvalue weighted by molar-refractivity contribution is 7.20. The predicted molar refractivity (Wildman–Crippen MR) is 268 cm³/mol. The number of hydrogen-bond donors (Lipinski definition) is 0. The van der Waals surface area contributed by atoms with Gasteiger partial charge in [-0.15, -0.1) is 0 Å². The Bertz CT molecular complexity index is 3460. The molecule has 12 aromatic rings. The average molecular weight is 804 g/mol. The van der Waals surface area contributed by atoms with E-state index in [0.29, 0.717) is 0 Å². The summed E-state index contributed by atoms with van der Waals surface area (Å²) in [6.45, 7) is 0. The van der Waals surface area contributed by atoms with Gasteiger partial charge in [-0.1, -0.05) is 218 Å². The first-order chi connectivity index (χ1) is 30.8. The molecule has 0 saturated carbocycles. The van der Waals surface area contributed by atoms with E-state index in [2.05, 4.69) is 253 Å². The van der Waals surface area contributed by atoms with Crippen LogP contribution in [0.1, 0.15) is 0 Å². The van der Waals surface area contributed by atoms with E-state index in [-0.39, 0.29) is 0 Å². The molecular formula is C60H41NSi. The predicted octanol–water partition coefficient (Wildman–Crippen LogP) is 13.0. The number of para-hydroxylation sites is 1. The van der Waals surface area contributed by atoms with Crippen LogP contribution < -0.4 is 20.7 Å². The van der Waals surface area contributed by atoms with Gasteiger partial charge in [0.2, 0.25) is 0 Å². The summed E-state index contributed by atoms with van der Waals surface area (Å²) in [7, 11) is -2.95. The van der Waals surface area contributed by atoms with Gasteiger partial charge in [-0.3, -0.25) is 0 Å². The molecule has 62 heavy (non-hydrogen) atoms. The molecule has 2 heteroatoms. The van der Waals surface area contributed by atoms with E-state index in [0.717, 1.165) is 5.69 Å². The molecule has 0 spiro atoms. The topological polar surface area (TPSA) is 4.93 Å². The zero-order valence-corrected chi connectivity index (χ0v) is 35.1. The van der Waals surface area contributed by atoms with Crippen LogP contribution in [-0.2, 0) is 0 Å². The van der Waals surface area contributed by atoms with Gasteiger partial charge >= 0.3 is 0 Å². The number of nitrogens with zero attached hydrogens (tertiary/aromatic N) is 1. The summed E-state index contributed by atoms with van der Waals surface area (Å²) in [5, 5.41) is 15.7. The first kappa shape index (κ1) is 36.1. The molecule has 0 aliphatic heterocycles. The lowest BCUT2D eigenvalue weighted by Crippen LogP contribution is -2.74. The molecule has 1 aromatic heterocycles. The van der Waals surface area contributed by atoms with Crippen molar-refractivity contribution in [2.24, 2.45) is 0 Å². The Morgan fingerprint density at radius 1 is 0.242 bits per heavy atom. The van der Waals surface area contributed by atoms with Crippen molar-refractivity contribution < 1.29 is 0 Å². The fourth-order valence-corrected chi connectivity index (χ4v) is 15.2. The van der Waals surface area contributed by atoms with Gasteiger partial charge in [0.25, 0.3) is 0 Å². The van der Waals surface area contributed by atoms with Gasteiger partial charge in [-0.2, -0.15) is 0 Å². The third-order valence-corrected chi connectivity index (χ3v) is 17.8. The van der Waals surface area contributed by atoms with Crippen molar-refractivity contribution in [2.75, 3.05) is 0 Å². The molecule has 0 unspecified atom stereocenters. The maximum absolute atomic E-state index is 2.95. The molecule has 1 heterocycles. The number of fused-ring (bicyclic) bond motifs is 10. The second-order valence-corrected chi connectivity index (χ2v) is 20.2. The number of aromatic nitrogens is 1. The SMILES string of the molecule is c1ccc(-c2cc(-c3ccccc3)cc([Si](c3ccccc3)(c3ccccc3)c3ccc(-n4c5ccccc5c5c6c7ccccc7c7ccccc7c6ccc54)cc3)c2)cc1. The van der Waals surface area contributed by atoms with Crippen molar-refractivity contribution in [3.8, 4) is 27.9 Å². The Balaban J connectivity index is 1.13. The molecule has 0 atom stereocenters. The lowest BCUT2D eigenvalue weighted by molar-refractivity contribution is 1.18. The molecule has 0 N–H and O–H groups in total. The minimum absolute atomic E-state index is 1.15. The van der Waals surface area contributed by atoms with Gasteiger partial charge < -0.3 is 4.57 Å². The highest BCUT2D eigenvalue weighted by atomic mass is 28.3. The van der Waals surface area contributed by atoms with Crippen LogP contribution >= 0.6 is 0 Å². The summed E-state index contributed by atoms with van der Waals surface area (Å²) in [5.74, 6) is 0. The summed E-state index contributed by atoms with van der Waals surface area (Å²) >= 11 is 0. The van der Waals surface area contributed by atoms with Gasteiger partial charge in [0.05, 0.1) is 11.0 Å². The van der Waals surface area contributed by atoms with Crippen molar-refractivity contribution in [3.63, 3.8) is 0 Å². The van der Waals surface area contributed by atoms with Crippen molar-refractivity contribution in [1.29, 1.82) is 0 Å². The zero-order valence-electron chi connectivity index (χ0n) is 34.1. The van der Waals surface area contributed by atoms with Crippen molar-refractivity contribution in [2.45, 2.75) is 0 Å². The fourth-order valence-electron chi connectivity index (χ4n) is 10.4. The van der Waals surface area contributed by atoms with E-state index in [4.69, 9.17) is 0 Å². The standard InChI is InChI=1S/C60H41NSi/c1-5-19-42(20-6-1)44-39-45(43-21-7-2-8-22-43)41-50(40-44)62(47-23-9-3-10-24-47,48-25-11-4-12-26-48)49-35-33-46(34-36-49)61-57-32-18-17-31-56(57)60-58(61)38-37-55-53-29-14-13-27-51(53)52-28-15-16-30-54(52)59(55)60/h1-41H. The van der Waals surface area contributed by atoms with Crippen LogP contribution in [0.25, 0.3) is 82.1 Å². The van der Waals surface area contributed by atoms with Crippen LogP contribution in [0.2, 0.25) is 0 Å². The van der Waals surface area contributed by atoms with E-state index < -0.39 is 8.07 Å². The molecule has 0 fully saturated rings. The van der Waals surface area contributed by atoms with Gasteiger partial charge in [0, 0.05) is 21.8 Å². The Labute approximate surface area is 362 Å². The summed E-state index contributed by atoms with van der Waals surface area (Å²) < 4.78 is 2.48. The normalized spacial score (nSPS) is 11.9. The molecule has 0 radical (unpaired) electrons. The van der Waals surface area contributed by atoms with Crippen LogP contribution in [0.3, 0.4) is 0 Å². The summed E-state index contributed by atoms with van der Waals surface area (Å²) in [6.07, 6.45) is 0. The lowest BCUT2D eigenvalue weighted by Gasteiger charge is -2.35. The summed E-state index contributed by atoms with van der Waals surface area (Å²) in [5.41, 5.74) is 8.44. The van der Waals surface area contributed by atoms with Crippen LogP contribution in [0.4, 0.5) is 0 Å². The Hall–Kier alpha value is -7.78. The second-order valence-electron chi connectivity index (χ2n) is 16.4. The van der Waals surface area contributed by atoms with Crippen LogP contribution in [-0.4, -0.2) is 12.6 Å². The lowest BCUT2D eigenvalue weighted by atomic mass is 9.92. The third kappa shape index (κ3) is 5.61. The summed E-state index contributed by atoms with van der Waals surface area (Å²) in [6, 6.07) is 92.7. The molecule has 0 aliphatic rings. The van der Waals surface area contributed by atoms with E-state index in [1.807, 2.05) is 0 Å². The monoisotopic (exact) mass is 803 g/mol.